The van der Waals surface area contributed by atoms with Gasteiger partial charge in [-0.2, -0.15) is 10.5 Å². The summed E-state index contributed by atoms with van der Waals surface area (Å²) in [5, 5.41) is 21.1. The van der Waals surface area contributed by atoms with E-state index < -0.39 is 0 Å². The van der Waals surface area contributed by atoms with Crippen LogP contribution in [0.4, 0.5) is 5.69 Å². The van der Waals surface area contributed by atoms with Gasteiger partial charge in [-0.25, -0.2) is 0 Å². The minimum atomic E-state index is 0.174. The number of halogens is 1. The fourth-order valence-electron chi connectivity index (χ4n) is 1.97. The highest BCUT2D eigenvalue weighted by molar-refractivity contribution is 9.10. The summed E-state index contributed by atoms with van der Waals surface area (Å²) in [6, 6.07) is 10.3. The summed E-state index contributed by atoms with van der Waals surface area (Å²) < 4.78 is 0.941. The maximum absolute atomic E-state index is 8.90. The number of nitriles is 2. The molecule has 0 aliphatic rings. The van der Waals surface area contributed by atoms with E-state index in [-0.39, 0.29) is 19.1 Å². The van der Waals surface area contributed by atoms with E-state index in [4.69, 9.17) is 10.5 Å². The van der Waals surface area contributed by atoms with Crippen molar-refractivity contribution in [2.75, 3.05) is 24.5 Å². The van der Waals surface area contributed by atoms with E-state index in [1.807, 2.05) is 18.2 Å². The van der Waals surface area contributed by atoms with Crippen molar-refractivity contribution >= 4 is 21.6 Å². The minimum absolute atomic E-state index is 0.174. The second-order valence-corrected chi connectivity index (χ2v) is 5.07. The first-order valence-corrected chi connectivity index (χ1v) is 6.95. The zero-order valence-electron chi connectivity index (χ0n) is 11.2. The lowest BCUT2D eigenvalue weighted by molar-refractivity contribution is 0.597. The lowest BCUT2D eigenvalue weighted by Gasteiger charge is -2.25. The van der Waals surface area contributed by atoms with Crippen LogP contribution in [-0.2, 0) is 0 Å². The molecule has 1 atom stereocenters. The smallest absolute Gasteiger partial charge is 0.106 e. The van der Waals surface area contributed by atoms with Gasteiger partial charge in [0.05, 0.1) is 12.1 Å². The topological polar surface area (TPSA) is 62.9 Å². The Kier molecular flexibility index (Phi) is 6.35. The van der Waals surface area contributed by atoms with E-state index in [0.717, 1.165) is 22.3 Å². The van der Waals surface area contributed by atoms with Crippen molar-refractivity contribution in [2.24, 2.45) is 0 Å². The van der Waals surface area contributed by atoms with E-state index in [1.54, 1.807) is 4.90 Å². The van der Waals surface area contributed by atoms with Crippen LogP contribution in [0.25, 0.3) is 0 Å². The molecule has 1 rings (SSSR count). The number of nitrogens with zero attached hydrogens (tertiary/aromatic N) is 3. The van der Waals surface area contributed by atoms with Crippen molar-refractivity contribution in [3.05, 3.63) is 28.2 Å². The summed E-state index contributed by atoms with van der Waals surface area (Å²) in [7, 11) is 0. The van der Waals surface area contributed by atoms with Crippen molar-refractivity contribution in [2.45, 2.75) is 19.9 Å². The van der Waals surface area contributed by atoms with E-state index >= 15 is 0 Å². The molecule has 0 saturated heterocycles. The quantitative estimate of drug-likeness (QED) is 0.818. The fourth-order valence-corrected chi connectivity index (χ4v) is 2.32. The third-order valence-corrected chi connectivity index (χ3v) is 3.33. The molecular formula is C14H17BrN4. The molecule has 4 nitrogen and oxygen atoms in total. The van der Waals surface area contributed by atoms with Crippen LogP contribution >= 0.6 is 15.9 Å². The molecule has 1 N–H and O–H groups in total. The molecule has 0 aliphatic heterocycles. The lowest BCUT2D eigenvalue weighted by atomic mass is 10.0. The van der Waals surface area contributed by atoms with E-state index in [9.17, 15) is 0 Å². The van der Waals surface area contributed by atoms with Crippen LogP contribution in [0.2, 0.25) is 0 Å². The predicted molar refractivity (Wildman–Crippen MR) is 79.7 cm³/mol. The van der Waals surface area contributed by atoms with Gasteiger partial charge in [0, 0.05) is 16.2 Å². The van der Waals surface area contributed by atoms with E-state index in [2.05, 4.69) is 47.2 Å². The standard InChI is InChI=1S/C14H17BrN4/c1-3-18-11(2)13-5-4-12(15)10-14(13)19(8-6-16)9-7-17/h4-5,10-11,18H,3,8-9H2,1-2H3. The number of rotatable bonds is 6. The Hall–Kier alpha value is -1.56. The SMILES string of the molecule is CCNC(C)c1ccc(Br)cc1N(CC#N)CC#N. The number of nitrogens with one attached hydrogen (secondary N) is 1. The first kappa shape index (κ1) is 15.5. The van der Waals surface area contributed by atoms with Gasteiger partial charge < -0.3 is 10.2 Å². The lowest BCUT2D eigenvalue weighted by Crippen LogP contribution is -2.27. The molecule has 1 aromatic carbocycles. The van der Waals surface area contributed by atoms with Crippen molar-refractivity contribution < 1.29 is 0 Å². The molecule has 0 radical (unpaired) electrons. The van der Waals surface area contributed by atoms with Gasteiger partial charge >= 0.3 is 0 Å². The first-order valence-electron chi connectivity index (χ1n) is 6.15. The summed E-state index contributed by atoms with van der Waals surface area (Å²) >= 11 is 3.44. The zero-order chi connectivity index (χ0) is 14.3. The van der Waals surface area contributed by atoms with Gasteiger partial charge in [0.2, 0.25) is 0 Å². The molecule has 1 unspecified atom stereocenters. The monoisotopic (exact) mass is 320 g/mol. The Morgan fingerprint density at radius 3 is 2.47 bits per heavy atom. The Morgan fingerprint density at radius 2 is 1.95 bits per heavy atom. The molecule has 0 fully saturated rings. The van der Waals surface area contributed by atoms with E-state index in [0.29, 0.717) is 0 Å². The van der Waals surface area contributed by atoms with Gasteiger partial charge in [0.25, 0.3) is 0 Å². The summed E-state index contributed by atoms with van der Waals surface area (Å²) in [4.78, 5) is 1.79. The Balaban J connectivity index is 3.18. The second-order valence-electron chi connectivity index (χ2n) is 4.15. The fraction of sp³-hybridized carbons (Fsp3) is 0.429. The van der Waals surface area contributed by atoms with Gasteiger partial charge in [-0.1, -0.05) is 28.9 Å². The van der Waals surface area contributed by atoms with Gasteiger partial charge in [-0.3, -0.25) is 0 Å². The normalized spacial score (nSPS) is 11.4. The average molecular weight is 321 g/mol. The van der Waals surface area contributed by atoms with Crippen LogP contribution in [0.3, 0.4) is 0 Å². The number of hydrogen-bond acceptors (Lipinski definition) is 4. The molecule has 100 valence electrons. The molecule has 19 heavy (non-hydrogen) atoms. The summed E-state index contributed by atoms with van der Waals surface area (Å²) in [5.41, 5.74) is 2.02. The molecular weight excluding hydrogens is 304 g/mol. The Labute approximate surface area is 122 Å². The summed E-state index contributed by atoms with van der Waals surface area (Å²) in [6.07, 6.45) is 0. The first-order chi connectivity index (χ1) is 9.13. The Bertz CT molecular complexity index is 485. The van der Waals surface area contributed by atoms with Gasteiger partial charge in [0.15, 0.2) is 0 Å². The number of anilines is 1. The average Bonchev–Trinajstić information content (AvgIpc) is 2.38. The number of hydrogen-bond donors (Lipinski definition) is 1. The van der Waals surface area contributed by atoms with Crippen molar-refractivity contribution in [3.8, 4) is 12.1 Å². The minimum Gasteiger partial charge on any atom is -0.345 e. The Morgan fingerprint density at radius 1 is 1.32 bits per heavy atom. The summed E-state index contributed by atoms with van der Waals surface area (Å²) in [5.74, 6) is 0. The molecule has 0 aliphatic carbocycles. The van der Waals surface area contributed by atoms with Gasteiger partial charge in [0.1, 0.15) is 13.1 Å². The third kappa shape index (κ3) is 4.24. The largest absolute Gasteiger partial charge is 0.345 e. The molecule has 5 heteroatoms. The highest BCUT2D eigenvalue weighted by atomic mass is 79.9. The predicted octanol–water partition coefficient (Wildman–Crippen LogP) is 2.97. The highest BCUT2D eigenvalue weighted by Gasteiger charge is 2.15. The van der Waals surface area contributed by atoms with Gasteiger partial charge in [-0.15, -0.1) is 0 Å². The van der Waals surface area contributed by atoms with Crippen LogP contribution in [0.15, 0.2) is 22.7 Å². The van der Waals surface area contributed by atoms with Crippen LogP contribution in [0.5, 0.6) is 0 Å². The maximum atomic E-state index is 8.90. The van der Waals surface area contributed by atoms with Crippen LogP contribution in [-0.4, -0.2) is 19.6 Å². The van der Waals surface area contributed by atoms with Crippen molar-refractivity contribution in [3.63, 3.8) is 0 Å². The molecule has 0 amide bonds. The third-order valence-electron chi connectivity index (χ3n) is 2.83. The molecule has 0 spiro atoms. The second kappa shape index (κ2) is 7.78. The van der Waals surface area contributed by atoms with Crippen LogP contribution < -0.4 is 10.2 Å². The molecule has 0 saturated carbocycles. The zero-order valence-corrected chi connectivity index (χ0v) is 12.7. The summed E-state index contributed by atoms with van der Waals surface area (Å²) in [6.45, 7) is 5.41. The molecule has 0 bridgehead atoms. The van der Waals surface area contributed by atoms with Crippen molar-refractivity contribution in [1.29, 1.82) is 10.5 Å². The molecule has 1 aromatic rings. The maximum Gasteiger partial charge on any atom is 0.106 e. The highest BCUT2D eigenvalue weighted by Crippen LogP contribution is 2.29. The van der Waals surface area contributed by atoms with Crippen molar-refractivity contribution in [1.82, 2.24) is 5.32 Å². The number of benzene rings is 1. The van der Waals surface area contributed by atoms with Crippen LogP contribution in [0, 0.1) is 22.7 Å². The molecule has 0 aromatic heterocycles. The van der Waals surface area contributed by atoms with Crippen LogP contribution in [0.1, 0.15) is 25.5 Å². The van der Waals surface area contributed by atoms with E-state index in [1.165, 1.54) is 0 Å². The molecule has 0 heterocycles. The van der Waals surface area contributed by atoms with Gasteiger partial charge in [-0.05, 0) is 31.2 Å².